The molecular formula is C17H17N5O2S2. The molecule has 9 heteroatoms. The van der Waals surface area contributed by atoms with Crippen LogP contribution in [-0.4, -0.2) is 27.1 Å². The number of hydrazone groups is 1. The lowest BCUT2D eigenvalue weighted by Crippen LogP contribution is -2.32. The van der Waals surface area contributed by atoms with Crippen molar-refractivity contribution in [3.63, 3.8) is 0 Å². The molecule has 0 bridgehead atoms. The van der Waals surface area contributed by atoms with Crippen LogP contribution >= 0.6 is 22.7 Å². The molecule has 3 aromatic heterocycles. The van der Waals surface area contributed by atoms with Gasteiger partial charge < -0.3 is 0 Å². The molecule has 0 aliphatic heterocycles. The first-order valence-electron chi connectivity index (χ1n) is 8.35. The van der Waals surface area contributed by atoms with Gasteiger partial charge in [-0.15, -0.1) is 27.8 Å². The number of nitrogens with one attached hydrogen (secondary N) is 1. The van der Waals surface area contributed by atoms with Crippen molar-refractivity contribution in [2.75, 3.05) is 0 Å². The normalized spacial score (nSPS) is 16.9. The largest absolute Gasteiger partial charge is 0.279 e. The van der Waals surface area contributed by atoms with Gasteiger partial charge in [0.1, 0.15) is 6.54 Å². The summed E-state index contributed by atoms with van der Waals surface area (Å²) in [5, 5.41) is 14.5. The van der Waals surface area contributed by atoms with Gasteiger partial charge in [0.15, 0.2) is 4.83 Å². The van der Waals surface area contributed by atoms with Crippen LogP contribution in [0.5, 0.6) is 0 Å². The standard InChI is InChI=1S/C17H17N5O2S2/c1-10-4-5-12-13(7-10)26-16-15(12)17(24)22(21-20-16)9-14(23)19-18-8-11-3-2-6-25-11/h2-3,6,8,10H,4-5,7,9H2,1H3,(H,19,23)/b18-8+. The van der Waals surface area contributed by atoms with E-state index in [0.29, 0.717) is 16.1 Å². The van der Waals surface area contributed by atoms with E-state index < -0.39 is 5.91 Å². The van der Waals surface area contributed by atoms with E-state index in [-0.39, 0.29) is 12.1 Å². The number of hydrogen-bond acceptors (Lipinski definition) is 7. The van der Waals surface area contributed by atoms with Crippen molar-refractivity contribution in [1.29, 1.82) is 0 Å². The van der Waals surface area contributed by atoms with Gasteiger partial charge >= 0.3 is 0 Å². The molecule has 4 rings (SSSR count). The van der Waals surface area contributed by atoms with Gasteiger partial charge in [-0.1, -0.05) is 18.2 Å². The molecule has 0 radical (unpaired) electrons. The molecule has 0 spiro atoms. The van der Waals surface area contributed by atoms with Crippen LogP contribution in [-0.2, 0) is 24.2 Å². The maximum absolute atomic E-state index is 12.8. The summed E-state index contributed by atoms with van der Waals surface area (Å²) < 4.78 is 1.11. The minimum absolute atomic E-state index is 0.204. The molecule has 7 nitrogen and oxygen atoms in total. The minimum atomic E-state index is -0.411. The molecule has 1 amide bonds. The molecule has 1 aliphatic rings. The first kappa shape index (κ1) is 17.0. The van der Waals surface area contributed by atoms with Gasteiger partial charge in [-0.25, -0.2) is 10.1 Å². The third kappa shape index (κ3) is 3.32. The minimum Gasteiger partial charge on any atom is -0.271 e. The number of aromatic nitrogens is 3. The van der Waals surface area contributed by atoms with E-state index in [4.69, 9.17) is 0 Å². The van der Waals surface area contributed by atoms with Crippen LogP contribution in [0.1, 0.15) is 28.7 Å². The Kier molecular flexibility index (Phi) is 4.64. The molecule has 0 aromatic carbocycles. The molecular weight excluding hydrogens is 370 g/mol. The van der Waals surface area contributed by atoms with Crippen LogP contribution in [0.15, 0.2) is 27.4 Å². The predicted octanol–water partition coefficient (Wildman–Crippen LogP) is 2.19. The lowest BCUT2D eigenvalue weighted by atomic mass is 9.89. The summed E-state index contributed by atoms with van der Waals surface area (Å²) >= 11 is 3.07. The van der Waals surface area contributed by atoms with Crippen molar-refractivity contribution in [3.05, 3.63) is 43.2 Å². The average molecular weight is 387 g/mol. The third-order valence-electron chi connectivity index (χ3n) is 4.40. The van der Waals surface area contributed by atoms with Crippen molar-refractivity contribution < 1.29 is 4.79 Å². The van der Waals surface area contributed by atoms with Gasteiger partial charge in [0, 0.05) is 9.75 Å². The Morgan fingerprint density at radius 3 is 3.23 bits per heavy atom. The van der Waals surface area contributed by atoms with Gasteiger partial charge in [-0.2, -0.15) is 5.10 Å². The van der Waals surface area contributed by atoms with Crippen LogP contribution in [0.3, 0.4) is 0 Å². The second kappa shape index (κ2) is 7.08. The second-order valence-corrected chi connectivity index (χ2v) is 8.46. The molecule has 3 heterocycles. The van der Waals surface area contributed by atoms with Gasteiger partial charge in [0.2, 0.25) is 0 Å². The highest BCUT2D eigenvalue weighted by Crippen LogP contribution is 2.35. The molecule has 1 N–H and O–H groups in total. The van der Waals surface area contributed by atoms with Crippen molar-refractivity contribution in [2.24, 2.45) is 11.0 Å². The molecule has 134 valence electrons. The smallest absolute Gasteiger partial charge is 0.271 e. The second-order valence-electron chi connectivity index (χ2n) is 6.39. The lowest BCUT2D eigenvalue weighted by Gasteiger charge is -2.17. The van der Waals surface area contributed by atoms with E-state index >= 15 is 0 Å². The number of carbonyl (C=O) groups is 1. The zero-order valence-electron chi connectivity index (χ0n) is 14.1. The van der Waals surface area contributed by atoms with Crippen LogP contribution in [0.2, 0.25) is 0 Å². The Bertz CT molecular complexity index is 1040. The van der Waals surface area contributed by atoms with Crippen molar-refractivity contribution >= 4 is 45.0 Å². The molecule has 1 unspecified atom stereocenters. The number of nitrogens with zero attached hydrogens (tertiary/aromatic N) is 4. The zero-order chi connectivity index (χ0) is 18.1. The third-order valence-corrected chi connectivity index (χ3v) is 6.35. The van der Waals surface area contributed by atoms with E-state index in [1.807, 2.05) is 17.5 Å². The molecule has 1 atom stereocenters. The number of amides is 1. The maximum atomic E-state index is 12.8. The highest BCUT2D eigenvalue weighted by atomic mass is 32.1. The summed E-state index contributed by atoms with van der Waals surface area (Å²) in [7, 11) is 0. The van der Waals surface area contributed by atoms with Gasteiger partial charge in [0.05, 0.1) is 11.6 Å². The van der Waals surface area contributed by atoms with Crippen LogP contribution < -0.4 is 11.0 Å². The summed E-state index contributed by atoms with van der Waals surface area (Å²) in [6.45, 7) is 2.02. The number of thiophene rings is 2. The molecule has 1 aliphatic carbocycles. The van der Waals surface area contributed by atoms with E-state index in [1.165, 1.54) is 16.2 Å². The SMILES string of the molecule is CC1CCc2c(sc3nnn(CC(=O)N/N=C/c4cccs4)c(=O)c23)C1. The summed E-state index contributed by atoms with van der Waals surface area (Å²) in [5.41, 5.74) is 3.26. The van der Waals surface area contributed by atoms with Crippen LogP contribution in [0.4, 0.5) is 0 Å². The van der Waals surface area contributed by atoms with E-state index in [1.54, 1.807) is 17.6 Å². The molecule has 3 aromatic rings. The van der Waals surface area contributed by atoms with Crippen molar-refractivity contribution in [1.82, 2.24) is 20.4 Å². The van der Waals surface area contributed by atoms with Crippen LogP contribution in [0, 0.1) is 5.92 Å². The average Bonchev–Trinajstić information content (AvgIpc) is 3.24. The van der Waals surface area contributed by atoms with Crippen molar-refractivity contribution in [2.45, 2.75) is 32.7 Å². The number of aryl methyl sites for hydroxylation is 1. The van der Waals surface area contributed by atoms with E-state index in [0.717, 1.165) is 34.4 Å². The van der Waals surface area contributed by atoms with E-state index in [9.17, 15) is 9.59 Å². The lowest BCUT2D eigenvalue weighted by molar-refractivity contribution is -0.121. The fraction of sp³-hybridized carbons (Fsp3) is 0.353. The molecule has 0 saturated carbocycles. The number of carbonyl (C=O) groups excluding carboxylic acids is 1. The van der Waals surface area contributed by atoms with Gasteiger partial charge in [-0.05, 0) is 42.2 Å². The number of fused-ring (bicyclic) bond motifs is 3. The highest BCUT2D eigenvalue weighted by Gasteiger charge is 2.24. The summed E-state index contributed by atoms with van der Waals surface area (Å²) in [6.07, 6.45) is 4.50. The molecule has 26 heavy (non-hydrogen) atoms. The Balaban J connectivity index is 1.54. The van der Waals surface area contributed by atoms with Gasteiger partial charge in [-0.3, -0.25) is 9.59 Å². The maximum Gasteiger partial charge on any atom is 0.279 e. The fourth-order valence-electron chi connectivity index (χ4n) is 3.10. The summed E-state index contributed by atoms with van der Waals surface area (Å²) in [4.78, 5) is 27.7. The highest BCUT2D eigenvalue weighted by molar-refractivity contribution is 7.18. The van der Waals surface area contributed by atoms with Crippen LogP contribution in [0.25, 0.3) is 10.2 Å². The quantitative estimate of drug-likeness (QED) is 0.549. The first-order valence-corrected chi connectivity index (χ1v) is 10.0. The summed E-state index contributed by atoms with van der Waals surface area (Å²) in [6, 6.07) is 3.80. The topological polar surface area (TPSA) is 89.2 Å². The first-order chi connectivity index (χ1) is 12.6. The monoisotopic (exact) mass is 387 g/mol. The molecule has 0 saturated heterocycles. The Hall–Kier alpha value is -2.39. The van der Waals surface area contributed by atoms with Crippen molar-refractivity contribution in [3.8, 4) is 0 Å². The number of hydrogen-bond donors (Lipinski definition) is 1. The summed E-state index contributed by atoms with van der Waals surface area (Å²) in [5.74, 6) is 0.212. The Morgan fingerprint density at radius 1 is 1.54 bits per heavy atom. The fourth-order valence-corrected chi connectivity index (χ4v) is 5.00. The molecule has 0 fully saturated rings. The Morgan fingerprint density at radius 2 is 2.42 bits per heavy atom. The Labute approximate surface area is 157 Å². The number of rotatable bonds is 4. The zero-order valence-corrected chi connectivity index (χ0v) is 15.8. The van der Waals surface area contributed by atoms with Gasteiger partial charge in [0.25, 0.3) is 11.5 Å². The van der Waals surface area contributed by atoms with E-state index in [2.05, 4.69) is 27.8 Å². The predicted molar refractivity (Wildman–Crippen MR) is 103 cm³/mol.